The number of fused-ring (bicyclic) bond motifs is 5. The molecule has 0 amide bonds. The zero-order valence-corrected chi connectivity index (χ0v) is 18.3. The van der Waals surface area contributed by atoms with Crippen LogP contribution in [0.15, 0.2) is 48.8 Å². The molecule has 5 rings (SSSR count). The third kappa shape index (κ3) is 3.74. The van der Waals surface area contributed by atoms with Crippen LogP contribution in [0.5, 0.6) is 0 Å². The Labute approximate surface area is 189 Å². The lowest BCUT2D eigenvalue weighted by Crippen LogP contribution is -2.10. The highest BCUT2D eigenvalue weighted by molar-refractivity contribution is 6.31. The van der Waals surface area contributed by atoms with Crippen LogP contribution in [0.25, 0.3) is 17.1 Å². The van der Waals surface area contributed by atoms with E-state index in [0.29, 0.717) is 36.4 Å². The number of ether oxygens (including phenoxy) is 2. The van der Waals surface area contributed by atoms with Crippen molar-refractivity contribution in [3.05, 3.63) is 81.6 Å². The number of methoxy groups -OCH3 is 1. The minimum absolute atomic E-state index is 0.355. The van der Waals surface area contributed by atoms with E-state index in [2.05, 4.69) is 19.7 Å². The van der Waals surface area contributed by atoms with E-state index in [0.717, 1.165) is 39.9 Å². The number of halogens is 2. The second kappa shape index (κ2) is 8.43. The Bertz CT molecular complexity index is 1250. The number of hydrogen-bond acceptors (Lipinski definition) is 5. The van der Waals surface area contributed by atoms with Gasteiger partial charge in [0.15, 0.2) is 11.6 Å². The van der Waals surface area contributed by atoms with Crippen LogP contribution in [-0.2, 0) is 35.8 Å². The van der Waals surface area contributed by atoms with Gasteiger partial charge in [0, 0.05) is 22.7 Å². The van der Waals surface area contributed by atoms with Crippen molar-refractivity contribution in [2.24, 2.45) is 0 Å². The predicted octanol–water partition coefficient (Wildman–Crippen LogP) is 4.66. The lowest BCUT2D eigenvalue weighted by atomic mass is 10.1. The Kier molecular flexibility index (Phi) is 5.50. The van der Waals surface area contributed by atoms with Crippen molar-refractivity contribution in [1.82, 2.24) is 24.3 Å². The molecular formula is C22H19Cl2N5O2. The van der Waals surface area contributed by atoms with Crippen LogP contribution in [0.3, 0.4) is 0 Å². The van der Waals surface area contributed by atoms with E-state index in [4.69, 9.17) is 32.7 Å². The molecule has 0 saturated heterocycles. The van der Waals surface area contributed by atoms with E-state index in [-0.39, 0.29) is 0 Å². The molecule has 0 radical (unpaired) electrons. The fourth-order valence-corrected chi connectivity index (χ4v) is 4.13. The van der Waals surface area contributed by atoms with Crippen molar-refractivity contribution in [1.29, 1.82) is 0 Å². The molecule has 0 unspecified atom stereocenters. The summed E-state index contributed by atoms with van der Waals surface area (Å²) in [7, 11) is 1.64. The van der Waals surface area contributed by atoms with Gasteiger partial charge in [0.05, 0.1) is 43.2 Å². The van der Waals surface area contributed by atoms with Gasteiger partial charge < -0.3 is 18.6 Å². The predicted molar refractivity (Wildman–Crippen MR) is 117 cm³/mol. The molecule has 4 aromatic rings. The molecule has 0 spiro atoms. The number of hydrogen-bond donors (Lipinski definition) is 0. The summed E-state index contributed by atoms with van der Waals surface area (Å²) in [5.74, 6) is 1.48. The maximum atomic E-state index is 6.30. The van der Waals surface area contributed by atoms with Gasteiger partial charge in [0.25, 0.3) is 0 Å². The summed E-state index contributed by atoms with van der Waals surface area (Å²) < 4.78 is 15.4. The highest BCUT2D eigenvalue weighted by Crippen LogP contribution is 2.34. The van der Waals surface area contributed by atoms with Gasteiger partial charge in [-0.05, 0) is 29.8 Å². The standard InChI is InChI=1S/C22H19Cl2N5O2/c1-30-12-21-26-27-22-16-8-15(23)6-7-19(16)29-13-25-18(20(29)9-28(21)22)11-31-10-14-4-2-3-5-17(14)24/h2-8,13H,9-12H2,1H3. The molecule has 2 aromatic heterocycles. The zero-order chi connectivity index (χ0) is 21.4. The summed E-state index contributed by atoms with van der Waals surface area (Å²) in [5, 5.41) is 10.1. The van der Waals surface area contributed by atoms with Gasteiger partial charge >= 0.3 is 0 Å². The molecule has 0 bridgehead atoms. The monoisotopic (exact) mass is 455 g/mol. The molecule has 31 heavy (non-hydrogen) atoms. The molecule has 1 aliphatic heterocycles. The molecule has 7 nitrogen and oxygen atoms in total. The van der Waals surface area contributed by atoms with Crippen molar-refractivity contribution in [3.8, 4) is 17.1 Å². The topological polar surface area (TPSA) is 67.0 Å². The highest BCUT2D eigenvalue weighted by Gasteiger charge is 2.26. The molecule has 158 valence electrons. The van der Waals surface area contributed by atoms with E-state index < -0.39 is 0 Å². The first-order valence-electron chi connectivity index (χ1n) is 9.73. The van der Waals surface area contributed by atoms with Gasteiger partial charge in [-0.3, -0.25) is 0 Å². The maximum absolute atomic E-state index is 6.30. The van der Waals surface area contributed by atoms with Crippen LogP contribution in [0.1, 0.15) is 22.8 Å². The number of rotatable bonds is 6. The molecule has 0 atom stereocenters. The molecule has 2 aromatic carbocycles. The van der Waals surface area contributed by atoms with Crippen molar-refractivity contribution in [2.75, 3.05) is 7.11 Å². The average molecular weight is 456 g/mol. The van der Waals surface area contributed by atoms with Crippen LogP contribution in [-0.4, -0.2) is 31.4 Å². The minimum Gasteiger partial charge on any atom is -0.377 e. The molecule has 0 saturated carbocycles. The van der Waals surface area contributed by atoms with E-state index in [9.17, 15) is 0 Å². The van der Waals surface area contributed by atoms with E-state index in [1.54, 1.807) is 7.11 Å². The number of aromatic nitrogens is 5. The SMILES string of the molecule is COCc1nnc2n1Cc1c(COCc3ccccc3Cl)ncn1-c1ccc(Cl)cc1-2. The van der Waals surface area contributed by atoms with Gasteiger partial charge in [-0.15, -0.1) is 10.2 Å². The van der Waals surface area contributed by atoms with Crippen LogP contribution >= 0.6 is 23.2 Å². The molecule has 0 aliphatic carbocycles. The lowest BCUT2D eigenvalue weighted by Gasteiger charge is -2.10. The first-order chi connectivity index (χ1) is 15.2. The fourth-order valence-electron chi connectivity index (χ4n) is 3.76. The third-order valence-corrected chi connectivity index (χ3v) is 5.88. The quantitative estimate of drug-likeness (QED) is 0.372. The minimum atomic E-state index is 0.355. The summed E-state index contributed by atoms with van der Waals surface area (Å²) in [4.78, 5) is 4.63. The second-order valence-corrected chi connectivity index (χ2v) is 8.06. The van der Waals surface area contributed by atoms with E-state index in [1.807, 2.05) is 53.4 Å². The van der Waals surface area contributed by atoms with E-state index in [1.165, 1.54) is 0 Å². The number of benzene rings is 2. The first kappa shape index (κ1) is 20.2. The summed E-state index contributed by atoms with van der Waals surface area (Å²) in [6.45, 7) is 1.66. The third-order valence-electron chi connectivity index (χ3n) is 5.27. The van der Waals surface area contributed by atoms with Crippen molar-refractivity contribution >= 4 is 23.2 Å². The lowest BCUT2D eigenvalue weighted by molar-refractivity contribution is 0.104. The second-order valence-electron chi connectivity index (χ2n) is 7.21. The van der Waals surface area contributed by atoms with Crippen molar-refractivity contribution in [3.63, 3.8) is 0 Å². The molecule has 0 fully saturated rings. The molecule has 3 heterocycles. The average Bonchev–Trinajstić information content (AvgIpc) is 3.31. The zero-order valence-electron chi connectivity index (χ0n) is 16.8. The Morgan fingerprint density at radius 3 is 2.74 bits per heavy atom. The van der Waals surface area contributed by atoms with Gasteiger partial charge in [-0.1, -0.05) is 41.4 Å². The Hall–Kier alpha value is -2.71. The Balaban J connectivity index is 1.51. The summed E-state index contributed by atoms with van der Waals surface area (Å²) in [6.07, 6.45) is 1.81. The van der Waals surface area contributed by atoms with E-state index >= 15 is 0 Å². The Morgan fingerprint density at radius 1 is 1.03 bits per heavy atom. The van der Waals surface area contributed by atoms with Crippen LogP contribution < -0.4 is 0 Å². The fraction of sp³-hybridized carbons (Fsp3) is 0.227. The van der Waals surface area contributed by atoms with Crippen LogP contribution in [0.2, 0.25) is 10.0 Å². The van der Waals surface area contributed by atoms with Crippen LogP contribution in [0.4, 0.5) is 0 Å². The summed E-state index contributed by atoms with van der Waals surface area (Å²) in [6, 6.07) is 13.4. The van der Waals surface area contributed by atoms with Gasteiger partial charge in [0.2, 0.25) is 0 Å². The van der Waals surface area contributed by atoms with Gasteiger partial charge in [-0.2, -0.15) is 0 Å². The van der Waals surface area contributed by atoms with Gasteiger partial charge in [0.1, 0.15) is 6.61 Å². The normalized spacial score (nSPS) is 12.2. The molecular weight excluding hydrogens is 437 g/mol. The summed E-state index contributed by atoms with van der Waals surface area (Å²) >= 11 is 12.5. The Morgan fingerprint density at radius 2 is 1.90 bits per heavy atom. The highest BCUT2D eigenvalue weighted by atomic mass is 35.5. The smallest absolute Gasteiger partial charge is 0.166 e. The number of nitrogens with zero attached hydrogens (tertiary/aromatic N) is 5. The first-order valence-corrected chi connectivity index (χ1v) is 10.5. The maximum Gasteiger partial charge on any atom is 0.166 e. The number of imidazole rings is 1. The molecule has 1 aliphatic rings. The van der Waals surface area contributed by atoms with Crippen molar-refractivity contribution < 1.29 is 9.47 Å². The largest absolute Gasteiger partial charge is 0.377 e. The molecule has 9 heteroatoms. The van der Waals surface area contributed by atoms with Crippen molar-refractivity contribution in [2.45, 2.75) is 26.4 Å². The van der Waals surface area contributed by atoms with Gasteiger partial charge in [-0.25, -0.2) is 4.98 Å². The summed E-state index contributed by atoms with van der Waals surface area (Å²) in [5.41, 5.74) is 4.62. The molecule has 0 N–H and O–H groups in total. The van der Waals surface area contributed by atoms with Crippen LogP contribution in [0, 0.1) is 0 Å².